The van der Waals surface area contributed by atoms with Crippen LogP contribution in [-0.2, 0) is 0 Å². The van der Waals surface area contributed by atoms with Crippen LogP contribution >= 0.6 is 11.6 Å². The summed E-state index contributed by atoms with van der Waals surface area (Å²) in [7, 11) is 0. The molecule has 0 atom stereocenters. The number of rotatable bonds is 1. The molecule has 82 valence electrons. The Labute approximate surface area is 96.1 Å². The first kappa shape index (κ1) is 10.7. The number of halogens is 1. The maximum absolute atomic E-state index is 11.6. The van der Waals surface area contributed by atoms with Gasteiger partial charge in [0, 0.05) is 6.07 Å². The normalized spacial score (nSPS) is 10.4. The van der Waals surface area contributed by atoms with Crippen molar-refractivity contribution in [2.75, 3.05) is 0 Å². The largest absolute Gasteiger partial charge is 0.334 e. The Morgan fingerprint density at radius 2 is 2.00 bits per heavy atom. The number of nitrogens with zero attached hydrogens (tertiary/aromatic N) is 1. The van der Waals surface area contributed by atoms with Gasteiger partial charge in [-0.15, -0.1) is 0 Å². The van der Waals surface area contributed by atoms with E-state index in [1.165, 1.54) is 6.07 Å². The van der Waals surface area contributed by atoms with Crippen molar-refractivity contribution < 1.29 is 0 Å². The van der Waals surface area contributed by atoms with Crippen molar-refractivity contribution in [1.82, 2.24) is 9.55 Å². The van der Waals surface area contributed by atoms with Crippen LogP contribution in [0.1, 0.15) is 5.56 Å². The molecule has 16 heavy (non-hydrogen) atoms. The Balaban J connectivity index is 2.75. The topological polar surface area (TPSA) is 54.9 Å². The van der Waals surface area contributed by atoms with Crippen molar-refractivity contribution in [2.24, 2.45) is 0 Å². The van der Waals surface area contributed by atoms with Crippen molar-refractivity contribution in [3.8, 4) is 5.69 Å². The molecule has 1 heterocycles. The van der Waals surface area contributed by atoms with Crippen LogP contribution in [0.25, 0.3) is 5.69 Å². The van der Waals surface area contributed by atoms with Crippen LogP contribution in [0.3, 0.4) is 0 Å². The molecular formula is C11H9ClN2O2. The average molecular weight is 237 g/mol. The summed E-state index contributed by atoms with van der Waals surface area (Å²) in [6.45, 7) is 1.89. The minimum absolute atomic E-state index is 0.0407. The van der Waals surface area contributed by atoms with Crippen molar-refractivity contribution in [3.05, 3.63) is 61.9 Å². The van der Waals surface area contributed by atoms with Crippen LogP contribution in [0.4, 0.5) is 0 Å². The molecule has 0 saturated heterocycles. The standard InChI is InChI=1S/C11H9ClN2O2/c1-7-3-2-4-8(5-7)14-10(15)6-9(12)13-11(14)16/h2-6H,1H3,(H,13,16). The van der Waals surface area contributed by atoms with Gasteiger partial charge in [0.25, 0.3) is 5.56 Å². The summed E-state index contributed by atoms with van der Waals surface area (Å²) < 4.78 is 1.04. The first-order valence-electron chi connectivity index (χ1n) is 4.67. The van der Waals surface area contributed by atoms with Crippen LogP contribution in [-0.4, -0.2) is 9.55 Å². The molecule has 0 fully saturated rings. The zero-order valence-corrected chi connectivity index (χ0v) is 9.28. The number of hydrogen-bond donors (Lipinski definition) is 1. The fourth-order valence-corrected chi connectivity index (χ4v) is 1.65. The van der Waals surface area contributed by atoms with Gasteiger partial charge in [0.2, 0.25) is 0 Å². The first-order chi connectivity index (χ1) is 7.58. The second-order valence-electron chi connectivity index (χ2n) is 3.44. The summed E-state index contributed by atoms with van der Waals surface area (Å²) in [6, 6.07) is 8.29. The molecule has 4 nitrogen and oxygen atoms in total. The minimum atomic E-state index is -0.539. The van der Waals surface area contributed by atoms with Gasteiger partial charge in [-0.3, -0.25) is 9.78 Å². The smallest absolute Gasteiger partial charge is 0.297 e. The highest BCUT2D eigenvalue weighted by Gasteiger charge is 2.05. The molecule has 0 spiro atoms. The third-order valence-corrected chi connectivity index (χ3v) is 2.36. The second-order valence-corrected chi connectivity index (χ2v) is 3.84. The highest BCUT2D eigenvalue weighted by atomic mass is 35.5. The van der Waals surface area contributed by atoms with E-state index in [1.807, 2.05) is 13.0 Å². The highest BCUT2D eigenvalue weighted by molar-refractivity contribution is 6.29. The molecule has 1 N–H and O–H groups in total. The van der Waals surface area contributed by atoms with E-state index in [1.54, 1.807) is 18.2 Å². The molecule has 2 rings (SSSR count). The predicted molar refractivity (Wildman–Crippen MR) is 62.4 cm³/mol. The van der Waals surface area contributed by atoms with E-state index in [0.29, 0.717) is 5.69 Å². The molecule has 0 unspecified atom stereocenters. The summed E-state index contributed by atoms with van der Waals surface area (Å²) in [5.41, 5.74) is 0.518. The van der Waals surface area contributed by atoms with E-state index in [0.717, 1.165) is 10.1 Å². The maximum atomic E-state index is 11.6. The van der Waals surface area contributed by atoms with Gasteiger partial charge in [0.05, 0.1) is 5.69 Å². The Kier molecular flexibility index (Phi) is 2.66. The van der Waals surface area contributed by atoms with Gasteiger partial charge in [-0.05, 0) is 24.6 Å². The Bertz CT molecular complexity index is 612. The summed E-state index contributed by atoms with van der Waals surface area (Å²) in [5.74, 6) is 0. The third-order valence-electron chi connectivity index (χ3n) is 2.16. The molecule has 0 bridgehead atoms. The SMILES string of the molecule is Cc1cccc(-n2c(=O)cc(Cl)[nH]c2=O)c1. The van der Waals surface area contributed by atoms with Crippen LogP contribution in [0.15, 0.2) is 39.9 Å². The van der Waals surface area contributed by atoms with Gasteiger partial charge in [0.15, 0.2) is 0 Å². The van der Waals surface area contributed by atoms with Gasteiger partial charge in [0.1, 0.15) is 5.15 Å². The van der Waals surface area contributed by atoms with E-state index in [4.69, 9.17) is 11.6 Å². The molecule has 0 aliphatic rings. The van der Waals surface area contributed by atoms with E-state index in [9.17, 15) is 9.59 Å². The quantitative estimate of drug-likeness (QED) is 0.763. The lowest BCUT2D eigenvalue weighted by atomic mass is 10.2. The molecule has 1 aromatic heterocycles. The highest BCUT2D eigenvalue weighted by Crippen LogP contribution is 2.06. The molecule has 0 aliphatic heterocycles. The fraction of sp³-hybridized carbons (Fsp3) is 0.0909. The number of aromatic amines is 1. The monoisotopic (exact) mass is 236 g/mol. The predicted octanol–water partition coefficient (Wildman–Crippen LogP) is 1.49. The number of hydrogen-bond acceptors (Lipinski definition) is 2. The lowest BCUT2D eigenvalue weighted by Crippen LogP contribution is -2.32. The fourth-order valence-electron chi connectivity index (χ4n) is 1.48. The molecular weight excluding hydrogens is 228 g/mol. The van der Waals surface area contributed by atoms with E-state index in [2.05, 4.69) is 4.98 Å². The molecule has 0 radical (unpaired) electrons. The van der Waals surface area contributed by atoms with Gasteiger partial charge >= 0.3 is 5.69 Å². The summed E-state index contributed by atoms with van der Waals surface area (Å²) >= 11 is 5.57. The van der Waals surface area contributed by atoms with Gasteiger partial charge in [-0.25, -0.2) is 9.36 Å². The third kappa shape index (κ3) is 1.92. The number of aryl methyl sites for hydroxylation is 1. The van der Waals surface area contributed by atoms with Crippen LogP contribution in [0.2, 0.25) is 5.15 Å². The van der Waals surface area contributed by atoms with Crippen molar-refractivity contribution >= 4 is 11.6 Å². The average Bonchev–Trinajstić information content (AvgIpc) is 2.15. The first-order valence-corrected chi connectivity index (χ1v) is 5.04. The Morgan fingerprint density at radius 1 is 1.25 bits per heavy atom. The van der Waals surface area contributed by atoms with Crippen molar-refractivity contribution in [3.63, 3.8) is 0 Å². The number of nitrogens with one attached hydrogen (secondary N) is 1. The minimum Gasteiger partial charge on any atom is -0.297 e. The molecule has 2 aromatic rings. The van der Waals surface area contributed by atoms with Gasteiger partial charge in [-0.2, -0.15) is 0 Å². The van der Waals surface area contributed by atoms with E-state index < -0.39 is 11.2 Å². The van der Waals surface area contributed by atoms with Crippen LogP contribution in [0, 0.1) is 6.92 Å². The molecule has 5 heteroatoms. The van der Waals surface area contributed by atoms with E-state index >= 15 is 0 Å². The zero-order chi connectivity index (χ0) is 11.7. The van der Waals surface area contributed by atoms with Crippen LogP contribution in [0.5, 0.6) is 0 Å². The molecule has 1 aromatic carbocycles. The summed E-state index contributed by atoms with van der Waals surface area (Å²) in [5, 5.41) is 0.0407. The zero-order valence-electron chi connectivity index (χ0n) is 8.53. The van der Waals surface area contributed by atoms with E-state index in [-0.39, 0.29) is 5.15 Å². The number of benzene rings is 1. The Hall–Kier alpha value is -1.81. The van der Waals surface area contributed by atoms with Crippen LogP contribution < -0.4 is 11.2 Å². The Morgan fingerprint density at radius 3 is 2.62 bits per heavy atom. The maximum Gasteiger partial charge on any atom is 0.334 e. The lowest BCUT2D eigenvalue weighted by Gasteiger charge is -2.04. The number of H-pyrrole nitrogens is 1. The number of aromatic nitrogens is 2. The molecule has 0 saturated carbocycles. The summed E-state index contributed by atoms with van der Waals surface area (Å²) in [6.07, 6.45) is 0. The summed E-state index contributed by atoms with van der Waals surface area (Å²) in [4.78, 5) is 25.6. The van der Waals surface area contributed by atoms with Crippen molar-refractivity contribution in [1.29, 1.82) is 0 Å². The van der Waals surface area contributed by atoms with Gasteiger partial charge < -0.3 is 0 Å². The molecule has 0 aliphatic carbocycles. The van der Waals surface area contributed by atoms with Gasteiger partial charge in [-0.1, -0.05) is 23.7 Å². The second kappa shape index (κ2) is 3.98. The lowest BCUT2D eigenvalue weighted by molar-refractivity contribution is 0.875. The molecule has 0 amide bonds. The van der Waals surface area contributed by atoms with Crippen molar-refractivity contribution in [2.45, 2.75) is 6.92 Å².